The van der Waals surface area contributed by atoms with Crippen LogP contribution in [0.1, 0.15) is 18.1 Å². The summed E-state index contributed by atoms with van der Waals surface area (Å²) in [5.41, 5.74) is 0.698. The number of halogens is 7. The van der Waals surface area contributed by atoms with Gasteiger partial charge in [-0.3, -0.25) is 0 Å². The van der Waals surface area contributed by atoms with Gasteiger partial charge in [-0.2, -0.15) is 17.6 Å². The molecule has 0 saturated carbocycles. The van der Waals surface area contributed by atoms with Crippen molar-refractivity contribution in [3.8, 4) is 33.8 Å². The molecule has 0 aromatic heterocycles. The zero-order chi connectivity index (χ0) is 27.4. The Morgan fingerprint density at radius 3 is 1.79 bits per heavy atom. The highest BCUT2D eigenvalue weighted by molar-refractivity contribution is 5.66. The van der Waals surface area contributed by atoms with E-state index >= 15 is 0 Å². The van der Waals surface area contributed by atoms with E-state index in [9.17, 15) is 30.7 Å². The predicted octanol–water partition coefficient (Wildman–Crippen LogP) is 9.25. The fraction of sp³-hybridized carbons (Fsp3) is 0.103. The van der Waals surface area contributed by atoms with E-state index in [2.05, 4.69) is 9.47 Å². The maximum Gasteiger partial charge on any atom is 0.432 e. The molecule has 0 atom stereocenters. The molecule has 4 rings (SSSR count). The molecule has 196 valence electrons. The quantitative estimate of drug-likeness (QED) is 0.166. The van der Waals surface area contributed by atoms with Crippen molar-refractivity contribution in [1.29, 1.82) is 0 Å². The third kappa shape index (κ3) is 5.99. The molecule has 0 fully saturated rings. The molecular weight excluding hydrogens is 513 g/mol. The van der Waals surface area contributed by atoms with Crippen LogP contribution in [0.15, 0.2) is 91.2 Å². The van der Waals surface area contributed by atoms with E-state index in [0.717, 1.165) is 48.4 Å². The van der Waals surface area contributed by atoms with Gasteiger partial charge >= 0.3 is 12.2 Å². The molecule has 0 amide bonds. The lowest BCUT2D eigenvalue weighted by Gasteiger charge is -2.20. The molecule has 0 aliphatic carbocycles. The van der Waals surface area contributed by atoms with E-state index in [0.29, 0.717) is 11.1 Å². The highest BCUT2D eigenvalue weighted by Crippen LogP contribution is 2.37. The number of ether oxygens (including phenoxy) is 2. The first kappa shape index (κ1) is 26.8. The molecule has 0 bridgehead atoms. The molecule has 4 aromatic rings. The zero-order valence-electron chi connectivity index (χ0n) is 19.8. The highest BCUT2D eigenvalue weighted by Gasteiger charge is 2.41. The number of aryl methyl sites for hydroxylation is 1. The van der Waals surface area contributed by atoms with Crippen molar-refractivity contribution in [2.75, 3.05) is 0 Å². The summed E-state index contributed by atoms with van der Waals surface area (Å²) in [6, 6.07) is 16.9. The van der Waals surface area contributed by atoms with Crippen molar-refractivity contribution >= 4 is 0 Å². The number of hydrogen-bond donors (Lipinski definition) is 0. The normalized spacial score (nSPS) is 11.3. The van der Waals surface area contributed by atoms with Crippen LogP contribution in [0.4, 0.5) is 30.7 Å². The van der Waals surface area contributed by atoms with Gasteiger partial charge in [0.05, 0.1) is 0 Å². The summed E-state index contributed by atoms with van der Waals surface area (Å²) in [5, 5.41) is 0. The lowest BCUT2D eigenvalue weighted by molar-refractivity contribution is -0.189. The van der Waals surface area contributed by atoms with Crippen LogP contribution in [-0.2, 0) is 12.5 Å². The minimum atomic E-state index is -4.34. The van der Waals surface area contributed by atoms with Gasteiger partial charge in [0.25, 0.3) is 0 Å². The van der Waals surface area contributed by atoms with Gasteiger partial charge < -0.3 is 9.47 Å². The molecule has 0 radical (unpaired) electrons. The number of rotatable bonds is 8. The summed E-state index contributed by atoms with van der Waals surface area (Å²) in [6.07, 6.45) is -5.62. The third-order valence-corrected chi connectivity index (χ3v) is 5.67. The molecule has 2 nitrogen and oxygen atoms in total. The van der Waals surface area contributed by atoms with Crippen LogP contribution in [0.25, 0.3) is 22.3 Å². The van der Waals surface area contributed by atoms with Gasteiger partial charge in [0.1, 0.15) is 22.9 Å². The average Bonchev–Trinajstić information content (AvgIpc) is 2.87. The Kier molecular flexibility index (Phi) is 7.75. The number of hydrogen-bond acceptors (Lipinski definition) is 2. The van der Waals surface area contributed by atoms with Crippen LogP contribution >= 0.6 is 0 Å². The van der Waals surface area contributed by atoms with Gasteiger partial charge in [0.15, 0.2) is 17.8 Å². The van der Waals surface area contributed by atoms with E-state index in [-0.39, 0.29) is 17.4 Å². The number of benzene rings is 4. The Morgan fingerprint density at radius 2 is 1.24 bits per heavy atom. The Bertz CT molecular complexity index is 1440. The van der Waals surface area contributed by atoms with Crippen LogP contribution in [0.5, 0.6) is 11.5 Å². The summed E-state index contributed by atoms with van der Waals surface area (Å²) >= 11 is 0. The maximum atomic E-state index is 14.8. The summed E-state index contributed by atoms with van der Waals surface area (Å²) in [4.78, 5) is 0. The van der Waals surface area contributed by atoms with Crippen molar-refractivity contribution in [1.82, 2.24) is 0 Å². The molecule has 38 heavy (non-hydrogen) atoms. The second-order valence-electron chi connectivity index (χ2n) is 8.18. The van der Waals surface area contributed by atoms with Crippen molar-refractivity contribution in [2.24, 2.45) is 0 Å². The molecule has 9 heteroatoms. The largest absolute Gasteiger partial charge is 0.456 e. The van der Waals surface area contributed by atoms with E-state index in [4.69, 9.17) is 0 Å². The van der Waals surface area contributed by atoms with Gasteiger partial charge in [-0.05, 0) is 70.6 Å². The Hall–Kier alpha value is -4.27. The first-order valence-corrected chi connectivity index (χ1v) is 11.3. The summed E-state index contributed by atoms with van der Waals surface area (Å²) in [6.45, 7) is 1.95. The third-order valence-electron chi connectivity index (χ3n) is 5.67. The monoisotopic (exact) mass is 532 g/mol. The smallest absolute Gasteiger partial charge is 0.432 e. The first-order chi connectivity index (χ1) is 18.1. The van der Waals surface area contributed by atoms with Crippen LogP contribution in [0.3, 0.4) is 0 Å². The van der Waals surface area contributed by atoms with E-state index in [1.165, 1.54) is 18.2 Å². The number of alkyl halides is 2. The lowest BCUT2D eigenvalue weighted by atomic mass is 10.0. The first-order valence-electron chi connectivity index (χ1n) is 11.3. The highest BCUT2D eigenvalue weighted by atomic mass is 19.3. The van der Waals surface area contributed by atoms with Crippen LogP contribution in [0, 0.1) is 17.5 Å². The summed E-state index contributed by atoms with van der Waals surface area (Å²) in [7, 11) is 0. The fourth-order valence-corrected chi connectivity index (χ4v) is 3.75. The van der Waals surface area contributed by atoms with Crippen molar-refractivity contribution in [3.05, 3.63) is 120 Å². The Balaban J connectivity index is 1.53. The van der Waals surface area contributed by atoms with Crippen LogP contribution < -0.4 is 9.47 Å². The molecule has 0 saturated heterocycles. The van der Waals surface area contributed by atoms with Crippen LogP contribution in [-0.4, -0.2) is 0 Å². The second kappa shape index (κ2) is 11.0. The topological polar surface area (TPSA) is 18.5 Å². The van der Waals surface area contributed by atoms with Gasteiger partial charge in [0, 0.05) is 0 Å². The zero-order valence-corrected chi connectivity index (χ0v) is 19.8. The van der Waals surface area contributed by atoms with E-state index < -0.39 is 46.7 Å². The predicted molar refractivity (Wildman–Crippen MR) is 128 cm³/mol. The van der Waals surface area contributed by atoms with Crippen LogP contribution in [0.2, 0.25) is 0 Å². The van der Waals surface area contributed by atoms with Crippen molar-refractivity contribution in [2.45, 2.75) is 19.5 Å². The SMILES string of the molecule is CCc1ccc(-c2cc(F)c(C(F)(F)Oc3ccc(-c4ccc(OC=C(F)F)c(F)c4)cc3)c(F)c2)cc1. The van der Waals surface area contributed by atoms with Gasteiger partial charge in [-0.25, -0.2) is 13.2 Å². The van der Waals surface area contributed by atoms with Crippen molar-refractivity contribution in [3.63, 3.8) is 0 Å². The fourth-order valence-electron chi connectivity index (χ4n) is 3.75. The van der Waals surface area contributed by atoms with Crippen molar-refractivity contribution < 1.29 is 40.2 Å². The maximum absolute atomic E-state index is 14.8. The molecule has 4 aromatic carbocycles. The molecule has 0 N–H and O–H groups in total. The molecule has 0 heterocycles. The minimum absolute atomic E-state index is 0.0905. The second-order valence-corrected chi connectivity index (χ2v) is 8.18. The standard InChI is InChI=1S/C29H19F7O2/c1-2-17-3-5-19(6-4-17)21-14-24(31)28(25(32)15-21)29(35,36)38-22-10-7-18(8-11-22)20-9-12-26(23(30)13-20)37-16-27(33)34/h3-16H,2H2,1H3. The molecule has 0 aliphatic heterocycles. The molecule has 0 unspecified atom stereocenters. The average molecular weight is 532 g/mol. The Morgan fingerprint density at radius 1 is 0.711 bits per heavy atom. The lowest BCUT2D eigenvalue weighted by Crippen LogP contribution is -2.25. The van der Waals surface area contributed by atoms with E-state index in [1.807, 2.05) is 6.92 Å². The van der Waals surface area contributed by atoms with E-state index in [1.54, 1.807) is 24.3 Å². The molecular formula is C29H19F7O2. The van der Waals surface area contributed by atoms with Gasteiger partial charge in [-0.1, -0.05) is 49.4 Å². The summed E-state index contributed by atoms with van der Waals surface area (Å²) < 4.78 is 107. The minimum Gasteiger partial charge on any atom is -0.456 e. The Labute approximate surface area is 213 Å². The molecule has 0 spiro atoms. The van der Waals surface area contributed by atoms with Gasteiger partial charge in [0.2, 0.25) is 0 Å². The molecule has 0 aliphatic rings. The van der Waals surface area contributed by atoms with Gasteiger partial charge in [-0.15, -0.1) is 0 Å². The summed E-state index contributed by atoms with van der Waals surface area (Å²) in [5.74, 6) is -4.71.